The highest BCUT2D eigenvalue weighted by molar-refractivity contribution is 6.08. The lowest BCUT2D eigenvalue weighted by Gasteiger charge is -2.11. The van der Waals surface area contributed by atoms with Gasteiger partial charge in [0.2, 0.25) is 0 Å². The zero-order chi connectivity index (χ0) is 23.5. The Bertz CT molecular complexity index is 817. The molecular weight excluding hydrogens is 388 g/mol. The standard InChI is InChI=1S/C31H42O/c1-23(2)9-7-11-29(27-17-13-25(5)14-18-27)21-31(32)22-30(12-8-10-24(3)4)28-19-15-26(6)16-20-28/h13-24H,7-12H2,1-6H3. The highest BCUT2D eigenvalue weighted by Gasteiger charge is 2.09. The lowest BCUT2D eigenvalue weighted by Crippen LogP contribution is -1.97. The normalized spacial score (nSPS) is 12.6. The van der Waals surface area contributed by atoms with Gasteiger partial charge in [0.05, 0.1) is 0 Å². The van der Waals surface area contributed by atoms with Gasteiger partial charge in [0.25, 0.3) is 0 Å². The molecule has 0 aliphatic heterocycles. The Hall–Kier alpha value is -2.41. The Morgan fingerprint density at radius 3 is 1.31 bits per heavy atom. The molecule has 0 heterocycles. The first-order chi connectivity index (χ1) is 15.2. The minimum Gasteiger partial charge on any atom is -0.290 e. The second-order valence-corrected chi connectivity index (χ2v) is 10.0. The molecule has 0 unspecified atom stereocenters. The van der Waals surface area contributed by atoms with Crippen molar-refractivity contribution < 1.29 is 4.79 Å². The third kappa shape index (κ3) is 9.39. The number of allylic oxidation sites excluding steroid dienone is 4. The predicted molar refractivity (Wildman–Crippen MR) is 141 cm³/mol. The molecule has 0 spiro atoms. The first-order valence-electron chi connectivity index (χ1n) is 12.3. The SMILES string of the molecule is Cc1ccc(C(=CC(=O)C=C(CCCC(C)C)c2ccc(C)cc2)CCCC(C)C)cc1. The number of aryl methyl sites for hydroxylation is 2. The van der Waals surface area contributed by atoms with Crippen molar-refractivity contribution in [2.24, 2.45) is 11.8 Å². The summed E-state index contributed by atoms with van der Waals surface area (Å²) in [7, 11) is 0. The summed E-state index contributed by atoms with van der Waals surface area (Å²) in [6.45, 7) is 13.2. The van der Waals surface area contributed by atoms with Crippen molar-refractivity contribution >= 4 is 16.9 Å². The molecule has 172 valence electrons. The van der Waals surface area contributed by atoms with E-state index in [2.05, 4.69) is 90.1 Å². The maximum atomic E-state index is 13.2. The molecule has 0 saturated heterocycles. The summed E-state index contributed by atoms with van der Waals surface area (Å²) in [4.78, 5) is 13.2. The Morgan fingerprint density at radius 2 is 1.00 bits per heavy atom. The maximum Gasteiger partial charge on any atom is 0.179 e. The van der Waals surface area contributed by atoms with Gasteiger partial charge in [-0.3, -0.25) is 4.79 Å². The molecule has 1 heteroatoms. The first-order valence-corrected chi connectivity index (χ1v) is 12.3. The van der Waals surface area contributed by atoms with Crippen LogP contribution in [0.25, 0.3) is 11.1 Å². The number of ketones is 1. The molecule has 0 N–H and O–H groups in total. The molecule has 0 amide bonds. The quantitative estimate of drug-likeness (QED) is 0.307. The van der Waals surface area contributed by atoms with Gasteiger partial charge in [0.15, 0.2) is 5.78 Å². The molecule has 0 bridgehead atoms. The van der Waals surface area contributed by atoms with Crippen LogP contribution in [0.15, 0.2) is 60.7 Å². The van der Waals surface area contributed by atoms with E-state index in [-0.39, 0.29) is 5.78 Å². The minimum absolute atomic E-state index is 0.102. The molecule has 32 heavy (non-hydrogen) atoms. The van der Waals surface area contributed by atoms with Crippen molar-refractivity contribution in [3.63, 3.8) is 0 Å². The number of rotatable bonds is 12. The van der Waals surface area contributed by atoms with E-state index in [9.17, 15) is 4.79 Å². The number of hydrogen-bond acceptors (Lipinski definition) is 1. The van der Waals surface area contributed by atoms with Gasteiger partial charge in [-0.1, -0.05) is 100 Å². The fraction of sp³-hybridized carbons (Fsp3) is 0.452. The smallest absolute Gasteiger partial charge is 0.179 e. The van der Waals surface area contributed by atoms with Crippen LogP contribution >= 0.6 is 0 Å². The highest BCUT2D eigenvalue weighted by atomic mass is 16.1. The van der Waals surface area contributed by atoms with E-state index in [1.807, 2.05) is 12.2 Å². The van der Waals surface area contributed by atoms with Crippen molar-refractivity contribution in [3.05, 3.63) is 82.9 Å². The number of hydrogen-bond donors (Lipinski definition) is 0. The molecule has 0 fully saturated rings. The van der Waals surface area contributed by atoms with E-state index >= 15 is 0 Å². The van der Waals surface area contributed by atoms with Gasteiger partial charge in [0.1, 0.15) is 0 Å². The summed E-state index contributed by atoms with van der Waals surface area (Å²) in [5.41, 5.74) is 7.12. The van der Waals surface area contributed by atoms with Crippen molar-refractivity contribution in [1.82, 2.24) is 0 Å². The van der Waals surface area contributed by atoms with Gasteiger partial charge < -0.3 is 0 Å². The van der Waals surface area contributed by atoms with Crippen molar-refractivity contribution in [2.45, 2.75) is 80.1 Å². The van der Waals surface area contributed by atoms with E-state index in [0.717, 1.165) is 48.0 Å². The molecule has 2 aromatic rings. The topological polar surface area (TPSA) is 17.1 Å². The van der Waals surface area contributed by atoms with Crippen LogP contribution < -0.4 is 0 Å². The summed E-state index contributed by atoms with van der Waals surface area (Å²) >= 11 is 0. The van der Waals surface area contributed by atoms with Gasteiger partial charge in [-0.05, 0) is 85.8 Å². The Labute approximate surface area is 196 Å². The van der Waals surface area contributed by atoms with Gasteiger partial charge in [0, 0.05) is 0 Å². The van der Waals surface area contributed by atoms with Gasteiger partial charge in [-0.15, -0.1) is 0 Å². The van der Waals surface area contributed by atoms with Crippen LogP contribution in [0.5, 0.6) is 0 Å². The van der Waals surface area contributed by atoms with Crippen LogP contribution in [-0.4, -0.2) is 5.78 Å². The van der Waals surface area contributed by atoms with Crippen LogP contribution in [0.3, 0.4) is 0 Å². The van der Waals surface area contributed by atoms with Crippen molar-refractivity contribution in [2.75, 3.05) is 0 Å². The van der Waals surface area contributed by atoms with Gasteiger partial charge in [-0.2, -0.15) is 0 Å². The fourth-order valence-corrected chi connectivity index (χ4v) is 3.92. The van der Waals surface area contributed by atoms with Gasteiger partial charge >= 0.3 is 0 Å². The largest absolute Gasteiger partial charge is 0.290 e. The summed E-state index contributed by atoms with van der Waals surface area (Å²) in [5.74, 6) is 1.46. The third-order valence-electron chi connectivity index (χ3n) is 5.93. The Morgan fingerprint density at radius 1 is 0.656 bits per heavy atom. The molecule has 2 aromatic carbocycles. The predicted octanol–water partition coefficient (Wildman–Crippen LogP) is 8.99. The average molecular weight is 431 g/mol. The molecule has 0 saturated carbocycles. The second-order valence-electron chi connectivity index (χ2n) is 10.0. The zero-order valence-electron chi connectivity index (χ0n) is 21.1. The Kier molecular flexibility index (Phi) is 10.7. The molecule has 0 aliphatic rings. The maximum absolute atomic E-state index is 13.2. The van der Waals surface area contributed by atoms with E-state index in [1.165, 1.54) is 24.0 Å². The Balaban J connectivity index is 2.30. The second kappa shape index (κ2) is 13.2. The summed E-state index contributed by atoms with van der Waals surface area (Å²) in [6.07, 6.45) is 10.2. The fourth-order valence-electron chi connectivity index (χ4n) is 3.92. The first kappa shape index (κ1) is 25.8. The summed E-state index contributed by atoms with van der Waals surface area (Å²) in [5, 5.41) is 0. The van der Waals surface area contributed by atoms with Crippen LogP contribution in [0.1, 0.15) is 88.5 Å². The molecule has 2 rings (SSSR count). The third-order valence-corrected chi connectivity index (χ3v) is 5.93. The lowest BCUT2D eigenvalue weighted by molar-refractivity contribution is -0.110. The van der Waals surface area contributed by atoms with E-state index in [0.29, 0.717) is 11.8 Å². The molecular formula is C31H42O. The van der Waals surface area contributed by atoms with Gasteiger partial charge in [-0.25, -0.2) is 0 Å². The molecule has 0 aromatic heterocycles. The van der Waals surface area contributed by atoms with E-state index in [4.69, 9.17) is 0 Å². The number of benzene rings is 2. The van der Waals surface area contributed by atoms with Crippen molar-refractivity contribution in [3.8, 4) is 0 Å². The van der Waals surface area contributed by atoms with Crippen LogP contribution in [-0.2, 0) is 4.79 Å². The van der Waals surface area contributed by atoms with Crippen LogP contribution in [0.4, 0.5) is 0 Å². The molecule has 0 radical (unpaired) electrons. The zero-order valence-corrected chi connectivity index (χ0v) is 21.1. The monoisotopic (exact) mass is 430 g/mol. The van der Waals surface area contributed by atoms with Crippen LogP contribution in [0.2, 0.25) is 0 Å². The summed E-state index contributed by atoms with van der Waals surface area (Å²) in [6, 6.07) is 17.1. The molecule has 0 atom stereocenters. The average Bonchev–Trinajstić information content (AvgIpc) is 2.73. The van der Waals surface area contributed by atoms with Crippen LogP contribution in [0, 0.1) is 25.7 Å². The molecule has 0 aliphatic carbocycles. The molecule has 1 nitrogen and oxygen atoms in total. The van der Waals surface area contributed by atoms with E-state index in [1.54, 1.807) is 0 Å². The highest BCUT2D eigenvalue weighted by Crippen LogP contribution is 2.26. The van der Waals surface area contributed by atoms with E-state index < -0.39 is 0 Å². The minimum atomic E-state index is 0.102. The number of carbonyl (C=O) groups is 1. The lowest BCUT2D eigenvalue weighted by atomic mass is 9.93. The van der Waals surface area contributed by atoms with Crippen molar-refractivity contribution in [1.29, 1.82) is 0 Å². The number of carbonyl (C=O) groups excluding carboxylic acids is 1. The summed E-state index contributed by atoms with van der Waals surface area (Å²) < 4.78 is 0.